The van der Waals surface area contributed by atoms with Crippen molar-refractivity contribution in [3.05, 3.63) is 64.2 Å². The van der Waals surface area contributed by atoms with Gasteiger partial charge in [-0.1, -0.05) is 35.9 Å². The van der Waals surface area contributed by atoms with Gasteiger partial charge in [0, 0.05) is 11.4 Å². The van der Waals surface area contributed by atoms with Crippen LogP contribution in [0.3, 0.4) is 0 Å². The molecule has 2 aliphatic heterocycles. The van der Waals surface area contributed by atoms with E-state index in [0.717, 1.165) is 29.9 Å². The van der Waals surface area contributed by atoms with Crippen molar-refractivity contribution < 1.29 is 34.6 Å². The summed E-state index contributed by atoms with van der Waals surface area (Å²) < 4.78 is 16.9. The molecule has 0 aromatic heterocycles. The van der Waals surface area contributed by atoms with Crippen LogP contribution in [0, 0.1) is 0 Å². The summed E-state index contributed by atoms with van der Waals surface area (Å²) in [5.74, 6) is 0.792. The van der Waals surface area contributed by atoms with Gasteiger partial charge in [-0.05, 0) is 41.3 Å². The van der Waals surface area contributed by atoms with Gasteiger partial charge in [-0.3, -0.25) is 0 Å². The molecule has 7 nitrogen and oxygen atoms in total. The first-order chi connectivity index (χ1) is 15.0. The van der Waals surface area contributed by atoms with Crippen LogP contribution in [0.2, 0.25) is 5.02 Å². The van der Waals surface area contributed by atoms with E-state index in [2.05, 4.69) is 0 Å². The smallest absolute Gasteiger partial charge is 0.124 e. The van der Waals surface area contributed by atoms with E-state index in [1.165, 1.54) is 0 Å². The molecule has 0 radical (unpaired) electrons. The highest BCUT2D eigenvalue weighted by Crippen LogP contribution is 2.34. The predicted molar refractivity (Wildman–Crippen MR) is 113 cm³/mol. The Morgan fingerprint density at radius 2 is 1.77 bits per heavy atom. The molecule has 0 spiro atoms. The molecule has 0 amide bonds. The SMILES string of the molecule is OCC1OC(c2ccc(Cl)c(Cc3ccc(O[C@@H]4CCOC4)cc3)c2)[C@H](O)C(O)[C@@H]1O. The predicted octanol–water partition coefficient (Wildman–Crippen LogP) is 1.61. The first kappa shape index (κ1) is 22.5. The van der Waals surface area contributed by atoms with Crippen LogP contribution < -0.4 is 4.74 Å². The zero-order chi connectivity index (χ0) is 22.0. The van der Waals surface area contributed by atoms with Crippen LogP contribution in [-0.2, 0) is 15.9 Å². The van der Waals surface area contributed by atoms with Gasteiger partial charge in [-0.15, -0.1) is 0 Å². The standard InChI is InChI=1S/C23H27ClO7/c24-18-6-3-14(23-22(28)21(27)20(26)19(11-25)31-23)10-15(18)9-13-1-4-16(5-2-13)30-17-7-8-29-12-17/h1-6,10,17,19-23,25-28H,7-9,11-12H2/t17-,19?,20-,21?,22-,23?/m1/s1. The lowest BCUT2D eigenvalue weighted by Crippen LogP contribution is -2.55. The molecule has 2 aromatic carbocycles. The van der Waals surface area contributed by atoms with Crippen LogP contribution in [0.25, 0.3) is 0 Å². The summed E-state index contributed by atoms with van der Waals surface area (Å²) >= 11 is 6.40. The zero-order valence-corrected chi connectivity index (χ0v) is 17.7. The van der Waals surface area contributed by atoms with Crippen molar-refractivity contribution in [3.63, 3.8) is 0 Å². The topological polar surface area (TPSA) is 109 Å². The summed E-state index contributed by atoms with van der Waals surface area (Å²) in [6.45, 7) is 0.872. The van der Waals surface area contributed by atoms with Gasteiger partial charge in [0.2, 0.25) is 0 Å². The van der Waals surface area contributed by atoms with E-state index in [4.69, 9.17) is 25.8 Å². The summed E-state index contributed by atoms with van der Waals surface area (Å²) in [6, 6.07) is 13.0. The first-order valence-electron chi connectivity index (χ1n) is 10.4. The van der Waals surface area contributed by atoms with Gasteiger partial charge in [0.15, 0.2) is 0 Å². The molecule has 3 unspecified atom stereocenters. The van der Waals surface area contributed by atoms with Gasteiger partial charge in [0.25, 0.3) is 0 Å². The van der Waals surface area contributed by atoms with Gasteiger partial charge in [-0.25, -0.2) is 0 Å². The quantitative estimate of drug-likeness (QED) is 0.529. The van der Waals surface area contributed by atoms with E-state index < -0.39 is 37.1 Å². The van der Waals surface area contributed by atoms with Crippen LogP contribution in [0.5, 0.6) is 5.75 Å². The van der Waals surface area contributed by atoms with Gasteiger partial charge in [0.1, 0.15) is 42.4 Å². The van der Waals surface area contributed by atoms with Crippen LogP contribution >= 0.6 is 11.6 Å². The Morgan fingerprint density at radius 1 is 1.00 bits per heavy atom. The Hall–Kier alpha value is -1.71. The van der Waals surface area contributed by atoms with Crippen LogP contribution in [0.1, 0.15) is 29.2 Å². The Balaban J connectivity index is 1.49. The molecule has 2 aromatic rings. The number of rotatable bonds is 6. The summed E-state index contributed by atoms with van der Waals surface area (Å²) in [6.07, 6.45) is -4.46. The van der Waals surface area contributed by atoms with E-state index in [9.17, 15) is 20.4 Å². The zero-order valence-electron chi connectivity index (χ0n) is 16.9. The van der Waals surface area contributed by atoms with E-state index in [0.29, 0.717) is 23.6 Å². The van der Waals surface area contributed by atoms with Crippen molar-refractivity contribution in [2.45, 2.75) is 49.5 Å². The Bertz CT molecular complexity index is 867. The van der Waals surface area contributed by atoms with Gasteiger partial charge < -0.3 is 34.6 Å². The van der Waals surface area contributed by atoms with Crippen molar-refractivity contribution in [2.75, 3.05) is 19.8 Å². The fourth-order valence-corrected chi connectivity index (χ4v) is 4.17. The second-order valence-electron chi connectivity index (χ2n) is 8.02. The van der Waals surface area contributed by atoms with Crippen LogP contribution in [0.15, 0.2) is 42.5 Å². The molecule has 4 rings (SSSR count). The van der Waals surface area contributed by atoms with Gasteiger partial charge in [0.05, 0.1) is 19.8 Å². The highest BCUT2D eigenvalue weighted by molar-refractivity contribution is 6.31. The minimum absolute atomic E-state index is 0.0931. The third-order valence-electron chi connectivity index (χ3n) is 5.80. The molecule has 6 atom stereocenters. The Kier molecular flexibility index (Phi) is 7.13. The van der Waals surface area contributed by atoms with Gasteiger partial charge >= 0.3 is 0 Å². The highest BCUT2D eigenvalue weighted by Gasteiger charge is 2.44. The molecule has 4 N–H and O–H groups in total. The molecular formula is C23H27ClO7. The summed E-state index contributed by atoms with van der Waals surface area (Å²) in [5.41, 5.74) is 2.47. The molecule has 31 heavy (non-hydrogen) atoms. The monoisotopic (exact) mass is 450 g/mol. The van der Waals surface area contributed by atoms with E-state index in [1.807, 2.05) is 30.3 Å². The van der Waals surface area contributed by atoms with Crippen molar-refractivity contribution in [1.29, 1.82) is 0 Å². The lowest BCUT2D eigenvalue weighted by atomic mass is 9.90. The molecule has 2 saturated heterocycles. The lowest BCUT2D eigenvalue weighted by molar-refractivity contribution is -0.231. The number of aliphatic hydroxyl groups excluding tert-OH is 4. The third-order valence-corrected chi connectivity index (χ3v) is 6.17. The Labute approximate surface area is 185 Å². The number of halogens is 1. The van der Waals surface area contributed by atoms with E-state index in [-0.39, 0.29) is 6.10 Å². The average molecular weight is 451 g/mol. The van der Waals surface area contributed by atoms with Crippen molar-refractivity contribution in [2.24, 2.45) is 0 Å². The molecule has 8 heteroatoms. The molecule has 168 valence electrons. The summed E-state index contributed by atoms with van der Waals surface area (Å²) in [5, 5.41) is 40.5. The second kappa shape index (κ2) is 9.83. The maximum atomic E-state index is 10.4. The molecule has 0 saturated carbocycles. The normalized spacial score (nSPS) is 31.0. The number of hydrogen-bond acceptors (Lipinski definition) is 7. The Morgan fingerprint density at radius 3 is 2.45 bits per heavy atom. The molecule has 0 bridgehead atoms. The van der Waals surface area contributed by atoms with Crippen molar-refractivity contribution in [1.82, 2.24) is 0 Å². The minimum atomic E-state index is -1.42. The number of aliphatic hydroxyl groups is 4. The van der Waals surface area contributed by atoms with E-state index in [1.54, 1.807) is 12.1 Å². The minimum Gasteiger partial charge on any atom is -0.488 e. The molecule has 2 aliphatic rings. The summed E-state index contributed by atoms with van der Waals surface area (Å²) in [7, 11) is 0. The van der Waals surface area contributed by atoms with Gasteiger partial charge in [-0.2, -0.15) is 0 Å². The lowest BCUT2D eigenvalue weighted by Gasteiger charge is -2.40. The fraction of sp³-hybridized carbons (Fsp3) is 0.478. The van der Waals surface area contributed by atoms with E-state index >= 15 is 0 Å². The highest BCUT2D eigenvalue weighted by atomic mass is 35.5. The van der Waals surface area contributed by atoms with Crippen molar-refractivity contribution in [3.8, 4) is 5.75 Å². The number of hydrogen-bond donors (Lipinski definition) is 4. The maximum absolute atomic E-state index is 10.4. The fourth-order valence-electron chi connectivity index (χ4n) is 3.99. The molecule has 0 aliphatic carbocycles. The molecule has 2 fully saturated rings. The van der Waals surface area contributed by atoms with Crippen LogP contribution in [0.4, 0.5) is 0 Å². The average Bonchev–Trinajstić information content (AvgIpc) is 3.28. The first-order valence-corrected chi connectivity index (χ1v) is 10.8. The maximum Gasteiger partial charge on any atom is 0.124 e. The molecular weight excluding hydrogens is 424 g/mol. The number of ether oxygens (including phenoxy) is 3. The number of benzene rings is 2. The third kappa shape index (κ3) is 5.04. The summed E-state index contributed by atoms with van der Waals surface area (Å²) in [4.78, 5) is 0. The largest absolute Gasteiger partial charge is 0.488 e. The second-order valence-corrected chi connectivity index (χ2v) is 8.43. The van der Waals surface area contributed by atoms with Crippen LogP contribution in [-0.4, -0.2) is 70.8 Å². The van der Waals surface area contributed by atoms with Crippen molar-refractivity contribution >= 4 is 11.6 Å². The molecule has 2 heterocycles.